The molecule has 1 aliphatic rings. The van der Waals surface area contributed by atoms with Gasteiger partial charge in [0.2, 0.25) is 18.6 Å². The Morgan fingerprint density at radius 1 is 1.10 bits per heavy atom. The molecule has 0 aliphatic carbocycles. The molecule has 1 amide bonds. The second-order valence-corrected chi connectivity index (χ2v) is 8.43. The monoisotopic (exact) mass is 425 g/mol. The van der Waals surface area contributed by atoms with Crippen LogP contribution >= 0.6 is 11.8 Å². The van der Waals surface area contributed by atoms with Gasteiger partial charge in [-0.2, -0.15) is 0 Å². The van der Waals surface area contributed by atoms with Crippen LogP contribution in [0.25, 0.3) is 11.5 Å². The van der Waals surface area contributed by atoms with Gasteiger partial charge in [-0.15, -0.1) is 10.2 Å². The van der Waals surface area contributed by atoms with Crippen LogP contribution in [0, 0.1) is 0 Å². The molecule has 2 heterocycles. The number of hydrogen-bond donors (Lipinski definition) is 1. The van der Waals surface area contributed by atoms with Gasteiger partial charge >= 0.3 is 0 Å². The van der Waals surface area contributed by atoms with Crippen LogP contribution < -0.4 is 14.8 Å². The van der Waals surface area contributed by atoms with Gasteiger partial charge in [-0.3, -0.25) is 4.79 Å². The Kier molecular flexibility index (Phi) is 6.23. The van der Waals surface area contributed by atoms with Crippen molar-refractivity contribution in [3.63, 3.8) is 0 Å². The van der Waals surface area contributed by atoms with Crippen LogP contribution in [0.15, 0.2) is 58.2 Å². The Morgan fingerprint density at radius 3 is 2.73 bits per heavy atom. The molecule has 4 rings (SSSR count). The van der Waals surface area contributed by atoms with Crippen LogP contribution in [0.4, 0.5) is 0 Å². The van der Waals surface area contributed by atoms with Gasteiger partial charge in [-0.05, 0) is 50.5 Å². The fourth-order valence-corrected chi connectivity index (χ4v) is 3.76. The highest BCUT2D eigenvalue weighted by Crippen LogP contribution is 2.36. The Morgan fingerprint density at radius 2 is 1.90 bits per heavy atom. The molecule has 0 spiro atoms. The lowest BCUT2D eigenvalue weighted by atomic mass is 10.1. The number of ether oxygens (including phenoxy) is 2. The summed E-state index contributed by atoms with van der Waals surface area (Å²) in [6, 6.07) is 15.8. The molecule has 0 fully saturated rings. The van der Waals surface area contributed by atoms with Crippen molar-refractivity contribution in [2.45, 2.75) is 43.2 Å². The summed E-state index contributed by atoms with van der Waals surface area (Å²) in [5.41, 5.74) is 2.01. The Balaban J connectivity index is 1.29. The minimum absolute atomic E-state index is 0.0524. The summed E-state index contributed by atoms with van der Waals surface area (Å²) in [6.07, 6.45) is 1.80. The number of nitrogens with zero attached hydrogens (tertiary/aromatic N) is 2. The van der Waals surface area contributed by atoms with E-state index in [9.17, 15) is 4.79 Å². The van der Waals surface area contributed by atoms with Gasteiger partial charge in [0.05, 0.1) is 5.25 Å². The third kappa shape index (κ3) is 4.94. The first-order valence-corrected chi connectivity index (χ1v) is 10.7. The summed E-state index contributed by atoms with van der Waals surface area (Å²) in [5, 5.41) is 11.2. The van der Waals surface area contributed by atoms with Crippen molar-refractivity contribution in [2.75, 3.05) is 6.79 Å². The molecule has 1 aromatic heterocycles. The fraction of sp³-hybridized carbons (Fsp3) is 0.318. The summed E-state index contributed by atoms with van der Waals surface area (Å²) in [5.74, 6) is 1.67. The van der Waals surface area contributed by atoms with E-state index in [0.29, 0.717) is 22.6 Å². The van der Waals surface area contributed by atoms with E-state index in [1.54, 1.807) is 6.07 Å². The number of rotatable bonds is 8. The molecule has 30 heavy (non-hydrogen) atoms. The van der Waals surface area contributed by atoms with Crippen molar-refractivity contribution in [1.29, 1.82) is 0 Å². The van der Waals surface area contributed by atoms with E-state index in [4.69, 9.17) is 13.9 Å². The molecule has 3 aromatic rings. The second kappa shape index (κ2) is 9.21. The Labute approximate surface area is 179 Å². The van der Waals surface area contributed by atoms with E-state index in [0.717, 1.165) is 18.4 Å². The van der Waals surface area contributed by atoms with Crippen molar-refractivity contribution in [3.8, 4) is 23.0 Å². The predicted molar refractivity (Wildman–Crippen MR) is 114 cm³/mol. The second-order valence-electron chi connectivity index (χ2n) is 7.14. The summed E-state index contributed by atoms with van der Waals surface area (Å²) in [4.78, 5) is 12.5. The Bertz CT molecular complexity index is 1010. The molecule has 1 N–H and O–H groups in total. The lowest BCUT2D eigenvalue weighted by Crippen LogP contribution is -2.37. The van der Waals surface area contributed by atoms with E-state index in [2.05, 4.69) is 27.6 Å². The Hall–Kier alpha value is -3.00. The zero-order valence-electron chi connectivity index (χ0n) is 16.8. The maximum atomic E-state index is 12.5. The van der Waals surface area contributed by atoms with Crippen molar-refractivity contribution < 1.29 is 18.7 Å². The highest BCUT2D eigenvalue weighted by Gasteiger charge is 2.21. The van der Waals surface area contributed by atoms with Gasteiger partial charge in [0, 0.05) is 11.6 Å². The number of nitrogens with one attached hydrogen (secondary N) is 1. The minimum atomic E-state index is -0.353. The quantitative estimate of drug-likeness (QED) is 0.544. The molecule has 8 heteroatoms. The molecule has 7 nitrogen and oxygen atoms in total. The van der Waals surface area contributed by atoms with Crippen LogP contribution in [-0.4, -0.2) is 34.2 Å². The van der Waals surface area contributed by atoms with Crippen LogP contribution in [0.5, 0.6) is 11.5 Å². The van der Waals surface area contributed by atoms with E-state index >= 15 is 0 Å². The third-order valence-corrected chi connectivity index (χ3v) is 5.70. The fourth-order valence-electron chi connectivity index (χ4n) is 3.07. The smallest absolute Gasteiger partial charge is 0.277 e. The van der Waals surface area contributed by atoms with Gasteiger partial charge in [-0.1, -0.05) is 42.1 Å². The number of thioether (sulfide) groups is 1. The average Bonchev–Trinajstić information content (AvgIpc) is 3.41. The SMILES string of the molecule is CC(CCc1ccccc1)NC(=O)C(C)Sc1nnc(-c2ccc3c(c2)OCO3)o1. The summed E-state index contributed by atoms with van der Waals surface area (Å²) in [6.45, 7) is 4.05. The molecule has 156 valence electrons. The average molecular weight is 426 g/mol. The predicted octanol–water partition coefficient (Wildman–Crippen LogP) is 4.08. The highest BCUT2D eigenvalue weighted by atomic mass is 32.2. The number of fused-ring (bicyclic) bond motifs is 1. The van der Waals surface area contributed by atoms with E-state index in [1.165, 1.54) is 17.3 Å². The number of carbonyl (C=O) groups is 1. The number of aryl methyl sites for hydroxylation is 1. The van der Waals surface area contributed by atoms with Crippen molar-refractivity contribution >= 4 is 17.7 Å². The number of hydrogen-bond acceptors (Lipinski definition) is 7. The maximum absolute atomic E-state index is 12.5. The van der Waals surface area contributed by atoms with E-state index in [1.807, 2.05) is 44.2 Å². The molecule has 2 aromatic carbocycles. The molecule has 2 atom stereocenters. The van der Waals surface area contributed by atoms with Gasteiger partial charge in [-0.25, -0.2) is 0 Å². The molecule has 0 radical (unpaired) electrons. The highest BCUT2D eigenvalue weighted by molar-refractivity contribution is 8.00. The lowest BCUT2D eigenvalue weighted by molar-refractivity contribution is -0.120. The zero-order valence-corrected chi connectivity index (χ0v) is 17.6. The van der Waals surface area contributed by atoms with Crippen LogP contribution in [0.2, 0.25) is 0 Å². The minimum Gasteiger partial charge on any atom is -0.454 e. The summed E-state index contributed by atoms with van der Waals surface area (Å²) < 4.78 is 16.4. The van der Waals surface area contributed by atoms with Crippen LogP contribution in [0.3, 0.4) is 0 Å². The molecule has 0 bridgehead atoms. The van der Waals surface area contributed by atoms with Gasteiger partial charge < -0.3 is 19.2 Å². The number of amides is 1. The lowest BCUT2D eigenvalue weighted by Gasteiger charge is -2.16. The first-order valence-electron chi connectivity index (χ1n) is 9.83. The molecule has 0 saturated heterocycles. The van der Waals surface area contributed by atoms with Gasteiger partial charge in [0.25, 0.3) is 5.22 Å². The van der Waals surface area contributed by atoms with E-state index in [-0.39, 0.29) is 24.0 Å². The number of aromatic nitrogens is 2. The maximum Gasteiger partial charge on any atom is 0.277 e. The van der Waals surface area contributed by atoms with Crippen molar-refractivity contribution in [2.24, 2.45) is 0 Å². The van der Waals surface area contributed by atoms with Crippen molar-refractivity contribution in [1.82, 2.24) is 15.5 Å². The largest absolute Gasteiger partial charge is 0.454 e. The summed E-state index contributed by atoms with van der Waals surface area (Å²) in [7, 11) is 0. The third-order valence-electron chi connectivity index (χ3n) is 4.77. The number of carbonyl (C=O) groups excluding carboxylic acids is 1. The standard InChI is InChI=1S/C22H23N3O4S/c1-14(8-9-16-6-4-3-5-7-16)23-20(26)15(2)30-22-25-24-21(29-22)17-10-11-18-19(12-17)28-13-27-18/h3-7,10-12,14-15H,8-9,13H2,1-2H3,(H,23,26). The van der Waals surface area contributed by atoms with Crippen LogP contribution in [0.1, 0.15) is 25.8 Å². The molecular weight excluding hydrogens is 402 g/mol. The molecule has 0 saturated carbocycles. The molecule has 1 aliphatic heterocycles. The molecule has 2 unspecified atom stereocenters. The van der Waals surface area contributed by atoms with Crippen molar-refractivity contribution in [3.05, 3.63) is 54.1 Å². The normalized spacial score (nSPS) is 14.3. The van der Waals surface area contributed by atoms with Gasteiger partial charge in [0.15, 0.2) is 11.5 Å². The first kappa shape index (κ1) is 20.3. The topological polar surface area (TPSA) is 86.5 Å². The zero-order chi connectivity index (χ0) is 20.9. The van der Waals surface area contributed by atoms with Crippen LogP contribution in [-0.2, 0) is 11.2 Å². The summed E-state index contributed by atoms with van der Waals surface area (Å²) >= 11 is 1.24. The van der Waals surface area contributed by atoms with E-state index < -0.39 is 0 Å². The van der Waals surface area contributed by atoms with Gasteiger partial charge in [0.1, 0.15) is 0 Å². The molecular formula is C22H23N3O4S. The first-order chi connectivity index (χ1) is 14.6. The number of benzene rings is 2.